The number of hydrogen-bond acceptors (Lipinski definition) is 4. The van der Waals surface area contributed by atoms with Crippen molar-refractivity contribution in [2.75, 3.05) is 56.6 Å². The number of fused-ring (bicyclic) bond motifs is 1. The lowest BCUT2D eigenvalue weighted by molar-refractivity contribution is -0.137. The first-order valence-electron chi connectivity index (χ1n) is 10.7. The molecule has 2 amide bonds. The molecule has 30 heavy (non-hydrogen) atoms. The van der Waals surface area contributed by atoms with Gasteiger partial charge < -0.3 is 24.8 Å². The van der Waals surface area contributed by atoms with Gasteiger partial charge in [-0.25, -0.2) is 4.79 Å². The number of rotatable bonds is 2. The van der Waals surface area contributed by atoms with E-state index in [1.165, 1.54) is 6.07 Å². The number of halogens is 3. The van der Waals surface area contributed by atoms with Crippen molar-refractivity contribution in [3.8, 4) is 0 Å². The third-order valence-electron chi connectivity index (χ3n) is 6.40. The second-order valence-corrected chi connectivity index (χ2v) is 8.40. The molecule has 1 saturated carbocycles. The average molecular weight is 426 g/mol. The van der Waals surface area contributed by atoms with Crippen LogP contribution in [-0.2, 0) is 10.9 Å². The van der Waals surface area contributed by atoms with Crippen molar-refractivity contribution < 1.29 is 22.7 Å². The van der Waals surface area contributed by atoms with Crippen LogP contribution in [0.1, 0.15) is 31.2 Å². The number of alkyl halides is 3. The smallest absolute Gasteiger partial charge is 0.374 e. The number of carbonyl (C=O) groups excluding carboxylic acids is 1. The molecule has 3 fully saturated rings. The van der Waals surface area contributed by atoms with Crippen molar-refractivity contribution in [3.05, 3.63) is 23.8 Å². The Morgan fingerprint density at radius 3 is 2.57 bits per heavy atom. The topological polar surface area (TPSA) is 48.0 Å². The summed E-state index contributed by atoms with van der Waals surface area (Å²) in [7, 11) is 2.02. The molecule has 0 bridgehead atoms. The maximum atomic E-state index is 13.3. The molecule has 6 nitrogen and oxygen atoms in total. The molecule has 1 aliphatic carbocycles. The standard InChI is InChI=1S/C21H29F3N4O2/c1-26-8-10-27(11-9-26)17-7-6-15(21(22,23)24)14-16(17)25-20(29)28-12-13-30-19-5-3-2-4-18(19)28/h6-7,14,18-19H,2-5,8-13H2,1H3,(H,25,29)/t18-,19-/m1/s1. The van der Waals surface area contributed by atoms with Crippen LogP contribution in [0.2, 0.25) is 0 Å². The predicted octanol–water partition coefficient (Wildman–Crippen LogP) is 3.63. The van der Waals surface area contributed by atoms with Crippen LogP contribution in [0, 0.1) is 0 Å². The van der Waals surface area contributed by atoms with Crippen molar-refractivity contribution in [2.45, 2.75) is 44.0 Å². The van der Waals surface area contributed by atoms with Gasteiger partial charge in [-0.1, -0.05) is 12.8 Å². The highest BCUT2D eigenvalue weighted by molar-refractivity contribution is 5.94. The van der Waals surface area contributed by atoms with E-state index in [0.717, 1.165) is 50.9 Å². The number of morpholine rings is 1. The lowest BCUT2D eigenvalue weighted by Gasteiger charge is -2.43. The first kappa shape index (κ1) is 21.2. The van der Waals surface area contributed by atoms with Crippen LogP contribution in [0.5, 0.6) is 0 Å². The van der Waals surface area contributed by atoms with E-state index in [0.29, 0.717) is 31.9 Å². The monoisotopic (exact) mass is 426 g/mol. The van der Waals surface area contributed by atoms with Gasteiger partial charge in [-0.15, -0.1) is 0 Å². The van der Waals surface area contributed by atoms with Gasteiger partial charge in [-0.3, -0.25) is 0 Å². The summed E-state index contributed by atoms with van der Waals surface area (Å²) in [6.45, 7) is 3.96. The number of piperazine rings is 1. The van der Waals surface area contributed by atoms with Gasteiger partial charge in [0.2, 0.25) is 0 Å². The van der Waals surface area contributed by atoms with Crippen molar-refractivity contribution in [2.24, 2.45) is 0 Å². The first-order valence-corrected chi connectivity index (χ1v) is 10.7. The number of amides is 2. The number of anilines is 2. The molecule has 2 heterocycles. The molecule has 0 radical (unpaired) electrons. The number of likely N-dealkylation sites (N-methyl/N-ethyl adjacent to an activating group) is 1. The Kier molecular flexibility index (Phi) is 6.11. The van der Waals surface area contributed by atoms with Crippen molar-refractivity contribution in [1.82, 2.24) is 9.80 Å². The van der Waals surface area contributed by atoms with E-state index in [1.807, 2.05) is 11.9 Å². The molecular weight excluding hydrogens is 397 g/mol. The number of ether oxygens (including phenoxy) is 1. The zero-order valence-corrected chi connectivity index (χ0v) is 17.2. The minimum Gasteiger partial charge on any atom is -0.374 e. The first-order chi connectivity index (χ1) is 14.3. The summed E-state index contributed by atoms with van der Waals surface area (Å²) < 4.78 is 45.9. The number of carbonyl (C=O) groups is 1. The minimum atomic E-state index is -4.46. The number of hydrogen-bond donors (Lipinski definition) is 1. The molecule has 2 aliphatic heterocycles. The van der Waals surface area contributed by atoms with Crippen LogP contribution in [0.25, 0.3) is 0 Å². The summed E-state index contributed by atoms with van der Waals surface area (Å²) in [5.41, 5.74) is 0.101. The molecule has 2 atom stereocenters. The molecule has 9 heteroatoms. The van der Waals surface area contributed by atoms with Crippen LogP contribution in [0.4, 0.5) is 29.3 Å². The highest BCUT2D eigenvalue weighted by Gasteiger charge is 2.37. The molecule has 1 aromatic carbocycles. The van der Waals surface area contributed by atoms with E-state index in [1.54, 1.807) is 4.90 Å². The summed E-state index contributed by atoms with van der Waals surface area (Å²) >= 11 is 0. The number of benzene rings is 1. The molecule has 1 N–H and O–H groups in total. The van der Waals surface area contributed by atoms with Crippen LogP contribution < -0.4 is 10.2 Å². The Morgan fingerprint density at radius 2 is 1.83 bits per heavy atom. The normalized spacial score (nSPS) is 25.7. The van der Waals surface area contributed by atoms with E-state index >= 15 is 0 Å². The Hall–Kier alpha value is -2.00. The maximum absolute atomic E-state index is 13.3. The summed E-state index contributed by atoms with van der Waals surface area (Å²) in [5.74, 6) is 0. The van der Waals surface area contributed by atoms with Crippen molar-refractivity contribution in [3.63, 3.8) is 0 Å². The predicted molar refractivity (Wildman–Crippen MR) is 109 cm³/mol. The number of nitrogens with zero attached hydrogens (tertiary/aromatic N) is 3. The largest absolute Gasteiger partial charge is 0.416 e. The highest BCUT2D eigenvalue weighted by atomic mass is 19.4. The number of nitrogens with one attached hydrogen (secondary N) is 1. The molecule has 4 rings (SSSR count). The molecule has 2 saturated heterocycles. The van der Waals surface area contributed by atoms with E-state index in [-0.39, 0.29) is 23.9 Å². The van der Waals surface area contributed by atoms with Gasteiger partial charge in [0.1, 0.15) is 0 Å². The zero-order valence-electron chi connectivity index (χ0n) is 17.2. The second kappa shape index (κ2) is 8.63. The van der Waals surface area contributed by atoms with Crippen molar-refractivity contribution in [1.29, 1.82) is 0 Å². The molecular formula is C21H29F3N4O2. The minimum absolute atomic E-state index is 0.00890. The van der Waals surface area contributed by atoms with Crippen LogP contribution in [-0.4, -0.2) is 74.4 Å². The molecule has 3 aliphatic rings. The van der Waals surface area contributed by atoms with Gasteiger partial charge >= 0.3 is 12.2 Å². The lowest BCUT2D eigenvalue weighted by atomic mass is 9.90. The molecule has 0 unspecified atom stereocenters. The van der Waals surface area contributed by atoms with Gasteiger partial charge in [0.25, 0.3) is 0 Å². The Balaban J connectivity index is 1.58. The molecule has 166 valence electrons. The highest BCUT2D eigenvalue weighted by Crippen LogP contribution is 2.36. The van der Waals surface area contributed by atoms with E-state index in [4.69, 9.17) is 4.74 Å². The summed E-state index contributed by atoms with van der Waals surface area (Å²) in [4.78, 5) is 19.1. The Bertz CT molecular complexity index is 763. The summed E-state index contributed by atoms with van der Waals surface area (Å²) in [6.07, 6.45) is -0.538. The molecule has 0 aromatic heterocycles. The van der Waals surface area contributed by atoms with Crippen molar-refractivity contribution >= 4 is 17.4 Å². The van der Waals surface area contributed by atoms with E-state index in [2.05, 4.69) is 10.2 Å². The van der Waals surface area contributed by atoms with Crippen LogP contribution >= 0.6 is 0 Å². The third kappa shape index (κ3) is 4.51. The zero-order chi connectivity index (χ0) is 21.3. The van der Waals surface area contributed by atoms with Gasteiger partial charge in [0.05, 0.1) is 35.7 Å². The van der Waals surface area contributed by atoms with Crippen LogP contribution in [0.3, 0.4) is 0 Å². The lowest BCUT2D eigenvalue weighted by Crippen LogP contribution is -2.56. The maximum Gasteiger partial charge on any atom is 0.416 e. The summed E-state index contributed by atoms with van der Waals surface area (Å²) in [5, 5.41) is 2.81. The number of urea groups is 1. The van der Waals surface area contributed by atoms with E-state index < -0.39 is 11.7 Å². The summed E-state index contributed by atoms with van der Waals surface area (Å²) in [6, 6.07) is 3.28. The van der Waals surface area contributed by atoms with Gasteiger partial charge in [0, 0.05) is 32.7 Å². The third-order valence-corrected chi connectivity index (χ3v) is 6.40. The van der Waals surface area contributed by atoms with Gasteiger partial charge in [-0.2, -0.15) is 13.2 Å². The fourth-order valence-corrected chi connectivity index (χ4v) is 4.67. The second-order valence-electron chi connectivity index (χ2n) is 8.40. The fraction of sp³-hybridized carbons (Fsp3) is 0.667. The van der Waals surface area contributed by atoms with Crippen LogP contribution in [0.15, 0.2) is 18.2 Å². The Labute approximate surface area is 174 Å². The SMILES string of the molecule is CN1CCN(c2ccc(C(F)(F)F)cc2NC(=O)N2CCO[C@@H]3CCCC[C@H]32)CC1. The van der Waals surface area contributed by atoms with Gasteiger partial charge in [0.15, 0.2) is 0 Å². The average Bonchev–Trinajstić information content (AvgIpc) is 2.73. The van der Waals surface area contributed by atoms with E-state index in [9.17, 15) is 18.0 Å². The fourth-order valence-electron chi connectivity index (χ4n) is 4.67. The van der Waals surface area contributed by atoms with Gasteiger partial charge in [-0.05, 0) is 38.1 Å². The molecule has 1 aromatic rings. The molecule has 0 spiro atoms. The Morgan fingerprint density at radius 1 is 1.10 bits per heavy atom. The quantitative estimate of drug-likeness (QED) is 0.785.